The molecule has 9 nitrogen and oxygen atoms in total. The van der Waals surface area contributed by atoms with Crippen LogP contribution >= 0.6 is 0 Å². The van der Waals surface area contributed by atoms with Gasteiger partial charge in [-0.25, -0.2) is 0 Å². The molecule has 0 aliphatic heterocycles. The molecule has 0 bridgehead atoms. The van der Waals surface area contributed by atoms with Crippen LogP contribution in [0.1, 0.15) is 37.2 Å². The summed E-state index contributed by atoms with van der Waals surface area (Å²) in [5.41, 5.74) is 4.18. The quantitative estimate of drug-likeness (QED) is 0.572. The summed E-state index contributed by atoms with van der Waals surface area (Å²) in [7, 11) is 1.61. The summed E-state index contributed by atoms with van der Waals surface area (Å²) in [6, 6.07) is 11.3. The number of hydrogen-bond acceptors (Lipinski definition) is 7. The maximum Gasteiger partial charge on any atom is 0.301 e. The summed E-state index contributed by atoms with van der Waals surface area (Å²) in [4.78, 5) is 20.8. The Labute approximate surface area is 161 Å². The average molecular weight is 384 g/mol. The third-order valence-corrected chi connectivity index (χ3v) is 4.80. The smallest absolute Gasteiger partial charge is 0.301 e. The SMILES string of the molecule is COc1ccc(C2CCCCC2=NNc2ccc([N+](=O)[O-])cc2[N+](=O)[O-])cc1. The highest BCUT2D eigenvalue weighted by molar-refractivity contribution is 5.92. The predicted octanol–water partition coefficient (Wildman–Crippen LogP) is 4.64. The molecule has 0 amide bonds. The highest BCUT2D eigenvalue weighted by atomic mass is 16.6. The Morgan fingerprint density at radius 3 is 2.46 bits per heavy atom. The molecule has 1 atom stereocenters. The Morgan fingerprint density at radius 1 is 1.07 bits per heavy atom. The Kier molecular flexibility index (Phi) is 5.83. The fraction of sp³-hybridized carbons (Fsp3) is 0.316. The zero-order valence-electron chi connectivity index (χ0n) is 15.3. The minimum absolute atomic E-state index is 0.115. The first-order chi connectivity index (χ1) is 13.5. The van der Waals surface area contributed by atoms with Crippen molar-refractivity contribution in [3.63, 3.8) is 0 Å². The third-order valence-electron chi connectivity index (χ3n) is 4.80. The van der Waals surface area contributed by atoms with Gasteiger partial charge in [0, 0.05) is 17.7 Å². The highest BCUT2D eigenvalue weighted by Gasteiger charge is 2.24. The van der Waals surface area contributed by atoms with Crippen LogP contribution in [0.25, 0.3) is 0 Å². The minimum Gasteiger partial charge on any atom is -0.497 e. The lowest BCUT2D eigenvalue weighted by Gasteiger charge is -2.24. The Hall–Kier alpha value is -3.49. The third kappa shape index (κ3) is 4.25. The lowest BCUT2D eigenvalue weighted by molar-refractivity contribution is -0.393. The summed E-state index contributed by atoms with van der Waals surface area (Å²) in [6.45, 7) is 0. The summed E-state index contributed by atoms with van der Waals surface area (Å²) in [5, 5.41) is 26.6. The van der Waals surface area contributed by atoms with Crippen LogP contribution in [-0.4, -0.2) is 22.7 Å². The van der Waals surface area contributed by atoms with Crippen molar-refractivity contribution in [3.05, 3.63) is 68.3 Å². The minimum atomic E-state index is -0.663. The van der Waals surface area contributed by atoms with Crippen molar-refractivity contribution in [2.45, 2.75) is 31.6 Å². The van der Waals surface area contributed by atoms with E-state index in [4.69, 9.17) is 4.74 Å². The fourth-order valence-corrected chi connectivity index (χ4v) is 3.34. The second kappa shape index (κ2) is 8.47. The van der Waals surface area contributed by atoms with Crippen LogP contribution in [0.15, 0.2) is 47.6 Å². The van der Waals surface area contributed by atoms with Crippen LogP contribution in [0.4, 0.5) is 17.1 Å². The van der Waals surface area contributed by atoms with Gasteiger partial charge in [-0.2, -0.15) is 5.10 Å². The first-order valence-corrected chi connectivity index (χ1v) is 8.89. The summed E-state index contributed by atoms with van der Waals surface area (Å²) < 4.78 is 5.20. The van der Waals surface area contributed by atoms with E-state index in [0.29, 0.717) is 0 Å². The lowest BCUT2D eigenvalue weighted by atomic mass is 9.82. The van der Waals surface area contributed by atoms with E-state index >= 15 is 0 Å². The van der Waals surface area contributed by atoms with Gasteiger partial charge >= 0.3 is 5.69 Å². The number of ether oxygens (including phenoxy) is 1. The molecule has 1 aliphatic rings. The zero-order valence-corrected chi connectivity index (χ0v) is 15.3. The molecule has 146 valence electrons. The second-order valence-corrected chi connectivity index (χ2v) is 6.50. The molecule has 1 N–H and O–H groups in total. The molecule has 2 aromatic rings. The standard InChI is InChI=1S/C19H20N4O5/c1-28-15-9-6-13(7-10-15)16-4-2-3-5-17(16)20-21-18-11-8-14(22(24)25)12-19(18)23(26)27/h6-12,16,21H,2-5H2,1H3. The number of nitro groups is 2. The van der Waals surface area contributed by atoms with E-state index in [1.807, 2.05) is 24.3 Å². The van der Waals surface area contributed by atoms with E-state index in [-0.39, 0.29) is 23.0 Å². The summed E-state index contributed by atoms with van der Waals surface area (Å²) in [6.07, 6.45) is 3.79. The number of anilines is 1. The zero-order chi connectivity index (χ0) is 20.1. The molecular weight excluding hydrogens is 364 g/mol. The molecule has 0 heterocycles. The van der Waals surface area contributed by atoms with E-state index in [1.54, 1.807) is 7.11 Å². The molecule has 1 fully saturated rings. The van der Waals surface area contributed by atoms with E-state index < -0.39 is 9.85 Å². The van der Waals surface area contributed by atoms with Crippen molar-refractivity contribution in [2.24, 2.45) is 5.10 Å². The highest BCUT2D eigenvalue weighted by Crippen LogP contribution is 2.33. The van der Waals surface area contributed by atoms with Crippen LogP contribution < -0.4 is 10.2 Å². The number of hydrogen-bond donors (Lipinski definition) is 1. The van der Waals surface area contributed by atoms with Gasteiger partial charge in [0.25, 0.3) is 5.69 Å². The molecule has 1 saturated carbocycles. The normalized spacial score (nSPS) is 17.9. The number of nitrogens with one attached hydrogen (secondary N) is 1. The molecule has 0 radical (unpaired) electrons. The van der Waals surface area contributed by atoms with Gasteiger partial charge in [-0.15, -0.1) is 0 Å². The van der Waals surface area contributed by atoms with E-state index in [1.165, 1.54) is 12.1 Å². The van der Waals surface area contributed by atoms with Crippen molar-refractivity contribution in [1.29, 1.82) is 0 Å². The molecule has 1 unspecified atom stereocenters. The second-order valence-electron chi connectivity index (χ2n) is 6.50. The molecule has 9 heteroatoms. The number of methoxy groups -OCH3 is 1. The van der Waals surface area contributed by atoms with Crippen LogP contribution in [-0.2, 0) is 0 Å². The molecule has 1 aliphatic carbocycles. The Morgan fingerprint density at radius 2 is 1.82 bits per heavy atom. The summed E-state index contributed by atoms with van der Waals surface area (Å²) in [5.74, 6) is 0.891. The lowest BCUT2D eigenvalue weighted by Crippen LogP contribution is -2.19. The molecular formula is C19H20N4O5. The molecule has 28 heavy (non-hydrogen) atoms. The van der Waals surface area contributed by atoms with Gasteiger partial charge in [-0.3, -0.25) is 25.7 Å². The van der Waals surface area contributed by atoms with Gasteiger partial charge in [0.05, 0.1) is 23.0 Å². The monoisotopic (exact) mass is 384 g/mol. The number of nitro benzene ring substituents is 2. The first kappa shape index (κ1) is 19.3. The van der Waals surface area contributed by atoms with E-state index in [9.17, 15) is 20.2 Å². The number of non-ortho nitro benzene ring substituents is 1. The Bertz CT molecular complexity index is 911. The van der Waals surface area contributed by atoms with Crippen molar-refractivity contribution < 1.29 is 14.6 Å². The van der Waals surface area contributed by atoms with E-state index in [0.717, 1.165) is 48.8 Å². The van der Waals surface area contributed by atoms with Gasteiger partial charge < -0.3 is 4.74 Å². The van der Waals surface area contributed by atoms with Crippen LogP contribution in [0, 0.1) is 20.2 Å². The predicted molar refractivity (Wildman–Crippen MR) is 105 cm³/mol. The van der Waals surface area contributed by atoms with Crippen molar-refractivity contribution in [2.75, 3.05) is 12.5 Å². The van der Waals surface area contributed by atoms with Crippen LogP contribution in [0.2, 0.25) is 0 Å². The number of benzene rings is 2. The molecule has 3 rings (SSSR count). The van der Waals surface area contributed by atoms with Crippen LogP contribution in [0.5, 0.6) is 5.75 Å². The van der Waals surface area contributed by atoms with Crippen molar-refractivity contribution in [3.8, 4) is 5.75 Å². The van der Waals surface area contributed by atoms with Gasteiger partial charge in [0.15, 0.2) is 0 Å². The first-order valence-electron chi connectivity index (χ1n) is 8.89. The van der Waals surface area contributed by atoms with Gasteiger partial charge in [-0.1, -0.05) is 18.6 Å². The molecule has 0 saturated heterocycles. The van der Waals surface area contributed by atoms with Gasteiger partial charge in [0.1, 0.15) is 11.4 Å². The van der Waals surface area contributed by atoms with Crippen molar-refractivity contribution >= 4 is 22.8 Å². The van der Waals surface area contributed by atoms with Gasteiger partial charge in [0.2, 0.25) is 0 Å². The molecule has 2 aromatic carbocycles. The number of hydrazone groups is 1. The topological polar surface area (TPSA) is 120 Å². The fourth-order valence-electron chi connectivity index (χ4n) is 3.34. The Balaban J connectivity index is 1.86. The number of nitrogens with zero attached hydrogens (tertiary/aromatic N) is 3. The summed E-state index contributed by atoms with van der Waals surface area (Å²) >= 11 is 0. The average Bonchev–Trinajstić information content (AvgIpc) is 2.72. The van der Waals surface area contributed by atoms with Gasteiger partial charge in [-0.05, 0) is 43.0 Å². The van der Waals surface area contributed by atoms with Crippen LogP contribution in [0.3, 0.4) is 0 Å². The maximum atomic E-state index is 11.3. The largest absolute Gasteiger partial charge is 0.497 e. The molecule has 0 aromatic heterocycles. The van der Waals surface area contributed by atoms with Crippen molar-refractivity contribution in [1.82, 2.24) is 0 Å². The van der Waals surface area contributed by atoms with E-state index in [2.05, 4.69) is 10.5 Å². The molecule has 0 spiro atoms. The number of rotatable bonds is 6. The maximum absolute atomic E-state index is 11.3.